The molecule has 6 heteroatoms. The van der Waals surface area contributed by atoms with E-state index < -0.39 is 0 Å². The molecule has 0 unspecified atom stereocenters. The molecule has 0 aliphatic rings. The Morgan fingerprint density at radius 1 is 1.39 bits per heavy atom. The lowest BCUT2D eigenvalue weighted by atomic mass is 10.3. The second-order valence-corrected chi connectivity index (χ2v) is 4.26. The van der Waals surface area contributed by atoms with Crippen LogP contribution in [0.3, 0.4) is 0 Å². The van der Waals surface area contributed by atoms with Crippen molar-refractivity contribution in [3.63, 3.8) is 0 Å². The third-order valence-electron chi connectivity index (χ3n) is 2.99. The average Bonchev–Trinajstić information content (AvgIpc) is 2.73. The van der Waals surface area contributed by atoms with Crippen LogP contribution in [0, 0.1) is 0 Å². The molecule has 0 aliphatic heterocycles. The van der Waals surface area contributed by atoms with Gasteiger partial charge in [-0.2, -0.15) is 0 Å². The van der Waals surface area contributed by atoms with Crippen molar-refractivity contribution < 1.29 is 0 Å². The van der Waals surface area contributed by atoms with Crippen LogP contribution in [0.4, 0.5) is 0 Å². The zero-order chi connectivity index (χ0) is 13.3. The maximum absolute atomic E-state index is 12.1. The summed E-state index contributed by atoms with van der Waals surface area (Å²) in [7, 11) is 3.23. The summed E-state index contributed by atoms with van der Waals surface area (Å²) in [5, 5.41) is 0. The zero-order valence-electron chi connectivity index (χ0n) is 10.6. The fourth-order valence-electron chi connectivity index (χ4n) is 1.97. The van der Waals surface area contributed by atoms with Crippen LogP contribution in [-0.2, 0) is 20.6 Å². The van der Waals surface area contributed by atoms with Gasteiger partial charge in [-0.15, -0.1) is 6.58 Å². The van der Waals surface area contributed by atoms with Gasteiger partial charge in [0.1, 0.15) is 0 Å². The molecule has 0 amide bonds. The van der Waals surface area contributed by atoms with Crippen LogP contribution in [0.15, 0.2) is 28.6 Å². The molecule has 0 spiro atoms. The van der Waals surface area contributed by atoms with E-state index in [1.807, 2.05) is 6.08 Å². The van der Waals surface area contributed by atoms with E-state index in [2.05, 4.69) is 11.6 Å². The molecule has 18 heavy (non-hydrogen) atoms. The smallest absolute Gasteiger partial charge is 0.328 e. The number of aryl methyl sites for hydroxylation is 2. The third kappa shape index (κ3) is 1.79. The van der Waals surface area contributed by atoms with E-state index >= 15 is 0 Å². The van der Waals surface area contributed by atoms with Crippen molar-refractivity contribution >= 4 is 11.2 Å². The first-order valence-corrected chi connectivity index (χ1v) is 5.79. The van der Waals surface area contributed by atoms with Gasteiger partial charge >= 0.3 is 5.69 Å². The number of fused-ring (bicyclic) bond motifs is 1. The lowest BCUT2D eigenvalue weighted by Crippen LogP contribution is -2.38. The van der Waals surface area contributed by atoms with Gasteiger partial charge in [0.05, 0.1) is 6.33 Å². The predicted octanol–water partition coefficient (Wildman–Crippen LogP) is 0.400. The number of aromatic nitrogens is 4. The minimum Gasteiger partial charge on any atom is -0.328 e. The minimum absolute atomic E-state index is 0.310. The number of unbranched alkanes of at least 4 members (excludes halogenated alkanes) is 1. The number of nitrogens with zero attached hydrogens (tertiary/aromatic N) is 4. The van der Waals surface area contributed by atoms with Crippen LogP contribution in [0.25, 0.3) is 11.2 Å². The maximum Gasteiger partial charge on any atom is 0.332 e. The lowest BCUT2D eigenvalue weighted by Gasteiger charge is -2.08. The summed E-state index contributed by atoms with van der Waals surface area (Å²) in [6, 6.07) is 0. The zero-order valence-corrected chi connectivity index (χ0v) is 10.6. The molecule has 6 nitrogen and oxygen atoms in total. The molecule has 0 radical (unpaired) electrons. The molecule has 2 heterocycles. The molecule has 0 saturated heterocycles. The number of allylic oxidation sites excluding steroid dienone is 1. The molecule has 0 atom stereocenters. The summed E-state index contributed by atoms with van der Waals surface area (Å²) in [5.41, 5.74) is 0.274. The standard InChI is InChI=1S/C12H16N4O2/c1-4-5-6-7-16-10-9(14(2)8-13-10)11(17)15(3)12(16)18/h4,8H,1,5-7H2,2-3H3. The molecular formula is C12H16N4O2. The Bertz CT molecular complexity index is 705. The molecule has 2 aromatic heterocycles. The van der Waals surface area contributed by atoms with Crippen molar-refractivity contribution in [1.29, 1.82) is 0 Å². The van der Waals surface area contributed by atoms with Crippen molar-refractivity contribution in [3.8, 4) is 0 Å². The van der Waals surface area contributed by atoms with Crippen LogP contribution in [-0.4, -0.2) is 18.7 Å². The molecule has 0 bridgehead atoms. The molecule has 0 aromatic carbocycles. The molecule has 0 aliphatic carbocycles. The van der Waals surface area contributed by atoms with Gasteiger partial charge in [0.2, 0.25) is 0 Å². The Labute approximate surface area is 104 Å². The first kappa shape index (κ1) is 12.3. The second kappa shape index (κ2) is 4.64. The summed E-state index contributed by atoms with van der Waals surface area (Å²) in [6.07, 6.45) is 4.98. The van der Waals surface area contributed by atoms with E-state index in [1.165, 1.54) is 7.05 Å². The normalized spacial score (nSPS) is 11.0. The van der Waals surface area contributed by atoms with Crippen molar-refractivity contribution in [2.24, 2.45) is 14.1 Å². The van der Waals surface area contributed by atoms with Gasteiger partial charge in [-0.3, -0.25) is 13.9 Å². The van der Waals surface area contributed by atoms with Crippen LogP contribution < -0.4 is 11.2 Å². The van der Waals surface area contributed by atoms with Gasteiger partial charge in [-0.25, -0.2) is 9.78 Å². The summed E-state index contributed by atoms with van der Waals surface area (Å²) >= 11 is 0. The summed E-state index contributed by atoms with van der Waals surface area (Å²) in [6.45, 7) is 4.18. The monoisotopic (exact) mass is 248 g/mol. The molecule has 0 fully saturated rings. The lowest BCUT2D eigenvalue weighted by molar-refractivity contribution is 0.594. The Hall–Kier alpha value is -2.11. The van der Waals surface area contributed by atoms with E-state index in [1.54, 1.807) is 22.5 Å². The quantitative estimate of drug-likeness (QED) is 0.581. The van der Waals surface area contributed by atoms with Crippen LogP contribution in [0.5, 0.6) is 0 Å². The number of rotatable bonds is 4. The van der Waals surface area contributed by atoms with E-state index in [0.29, 0.717) is 17.7 Å². The van der Waals surface area contributed by atoms with Crippen molar-refractivity contribution in [1.82, 2.24) is 18.7 Å². The Morgan fingerprint density at radius 3 is 2.78 bits per heavy atom. The number of imidazole rings is 1. The fourth-order valence-corrected chi connectivity index (χ4v) is 1.97. The SMILES string of the molecule is C=CCCCn1c(=O)n(C)c(=O)c2c1ncn2C. The Balaban J connectivity index is 2.68. The van der Waals surface area contributed by atoms with Gasteiger partial charge < -0.3 is 4.57 Å². The van der Waals surface area contributed by atoms with Crippen LogP contribution in [0.2, 0.25) is 0 Å². The Kier molecular flexibility index (Phi) is 3.18. The third-order valence-corrected chi connectivity index (χ3v) is 2.99. The van der Waals surface area contributed by atoms with E-state index in [4.69, 9.17) is 0 Å². The summed E-state index contributed by atoms with van der Waals surface area (Å²) < 4.78 is 4.30. The number of hydrogen-bond acceptors (Lipinski definition) is 3. The first-order valence-electron chi connectivity index (χ1n) is 5.79. The molecule has 96 valence electrons. The molecular weight excluding hydrogens is 232 g/mol. The molecule has 2 rings (SSSR count). The average molecular weight is 248 g/mol. The van der Waals surface area contributed by atoms with Gasteiger partial charge in [-0.05, 0) is 12.8 Å². The highest BCUT2D eigenvalue weighted by Gasteiger charge is 2.14. The van der Waals surface area contributed by atoms with E-state index in [0.717, 1.165) is 17.4 Å². The van der Waals surface area contributed by atoms with Crippen molar-refractivity contribution in [2.75, 3.05) is 0 Å². The van der Waals surface area contributed by atoms with Crippen LogP contribution in [0.1, 0.15) is 12.8 Å². The topological polar surface area (TPSA) is 61.8 Å². The summed E-state index contributed by atoms with van der Waals surface area (Å²) in [4.78, 5) is 28.2. The largest absolute Gasteiger partial charge is 0.332 e. The maximum atomic E-state index is 12.1. The highest BCUT2D eigenvalue weighted by atomic mass is 16.2. The Morgan fingerprint density at radius 2 is 2.11 bits per heavy atom. The molecule has 2 aromatic rings. The highest BCUT2D eigenvalue weighted by molar-refractivity contribution is 5.69. The van der Waals surface area contributed by atoms with Gasteiger partial charge in [-0.1, -0.05) is 6.08 Å². The van der Waals surface area contributed by atoms with Gasteiger partial charge in [0, 0.05) is 20.6 Å². The minimum atomic E-state index is -0.324. The predicted molar refractivity (Wildman–Crippen MR) is 69.6 cm³/mol. The van der Waals surface area contributed by atoms with Crippen LogP contribution >= 0.6 is 0 Å². The molecule has 0 N–H and O–H groups in total. The molecule has 0 saturated carbocycles. The van der Waals surface area contributed by atoms with E-state index in [9.17, 15) is 9.59 Å². The van der Waals surface area contributed by atoms with E-state index in [-0.39, 0.29) is 11.2 Å². The fraction of sp³-hybridized carbons (Fsp3) is 0.417. The van der Waals surface area contributed by atoms with Gasteiger partial charge in [0.25, 0.3) is 5.56 Å². The van der Waals surface area contributed by atoms with Crippen molar-refractivity contribution in [2.45, 2.75) is 19.4 Å². The summed E-state index contributed by atoms with van der Waals surface area (Å²) in [5.74, 6) is 0. The number of hydrogen-bond donors (Lipinski definition) is 0. The first-order chi connectivity index (χ1) is 8.57. The van der Waals surface area contributed by atoms with Crippen molar-refractivity contribution in [3.05, 3.63) is 39.8 Å². The van der Waals surface area contributed by atoms with Gasteiger partial charge in [0.15, 0.2) is 11.2 Å². The highest BCUT2D eigenvalue weighted by Crippen LogP contribution is 2.05. The second-order valence-electron chi connectivity index (χ2n) is 4.26.